The minimum absolute atomic E-state index is 0.778. The molecule has 0 spiro atoms. The molecule has 1 heterocycles. The fourth-order valence-corrected chi connectivity index (χ4v) is 1.87. The van der Waals surface area contributed by atoms with Gasteiger partial charge in [0.2, 0.25) is 0 Å². The summed E-state index contributed by atoms with van der Waals surface area (Å²) in [5, 5.41) is 0.871. The van der Waals surface area contributed by atoms with E-state index in [0.29, 0.717) is 0 Å². The van der Waals surface area contributed by atoms with E-state index in [0.717, 1.165) is 29.6 Å². The van der Waals surface area contributed by atoms with Gasteiger partial charge in [0.15, 0.2) is 5.11 Å². The molecule has 0 amide bonds. The van der Waals surface area contributed by atoms with E-state index >= 15 is 0 Å². The molecule has 0 aliphatic carbocycles. The summed E-state index contributed by atoms with van der Waals surface area (Å²) < 4.78 is 0. The lowest BCUT2D eigenvalue weighted by Crippen LogP contribution is -2.28. The normalized spacial score (nSPS) is 16.5. The molecule has 1 aromatic rings. The van der Waals surface area contributed by atoms with E-state index in [2.05, 4.69) is 9.80 Å². The Morgan fingerprint density at radius 3 is 2.71 bits per heavy atom. The second kappa shape index (κ2) is 3.46. The van der Waals surface area contributed by atoms with Crippen molar-refractivity contribution in [2.45, 2.75) is 0 Å². The zero-order chi connectivity index (χ0) is 10.1. The molecule has 1 aliphatic heterocycles. The summed E-state index contributed by atoms with van der Waals surface area (Å²) in [6, 6.07) is 7.81. The topological polar surface area (TPSA) is 32.5 Å². The number of nitrogens with two attached hydrogens (primary N) is 1. The van der Waals surface area contributed by atoms with Gasteiger partial charge in [-0.2, -0.15) is 0 Å². The highest BCUT2D eigenvalue weighted by molar-refractivity contribution is 7.80. The van der Waals surface area contributed by atoms with Crippen molar-refractivity contribution in [1.82, 2.24) is 4.90 Å². The maximum Gasteiger partial charge on any atom is 0.175 e. The molecule has 2 rings (SSSR count). The van der Waals surface area contributed by atoms with E-state index < -0.39 is 0 Å². The van der Waals surface area contributed by atoms with Gasteiger partial charge in [-0.25, -0.2) is 0 Å². The summed E-state index contributed by atoms with van der Waals surface area (Å²) in [7, 11) is 2.01. The van der Waals surface area contributed by atoms with Crippen LogP contribution in [-0.2, 0) is 0 Å². The minimum Gasteiger partial charge on any atom is -0.399 e. The Hall–Kier alpha value is -1.29. The van der Waals surface area contributed by atoms with Crippen LogP contribution >= 0.6 is 12.2 Å². The predicted molar refractivity (Wildman–Crippen MR) is 63.4 cm³/mol. The first-order chi connectivity index (χ1) is 6.68. The zero-order valence-electron chi connectivity index (χ0n) is 8.10. The van der Waals surface area contributed by atoms with Crippen LogP contribution in [0.1, 0.15) is 0 Å². The van der Waals surface area contributed by atoms with Gasteiger partial charge >= 0.3 is 0 Å². The van der Waals surface area contributed by atoms with Crippen LogP contribution in [0.15, 0.2) is 24.3 Å². The van der Waals surface area contributed by atoms with Crippen molar-refractivity contribution in [3.8, 4) is 0 Å². The number of hydrogen-bond donors (Lipinski definition) is 1. The van der Waals surface area contributed by atoms with Gasteiger partial charge < -0.3 is 15.5 Å². The average Bonchev–Trinajstić information content (AvgIpc) is 2.48. The number of rotatable bonds is 1. The molecule has 1 saturated heterocycles. The highest BCUT2D eigenvalue weighted by Crippen LogP contribution is 2.21. The molecular formula is C10H13N3S. The molecule has 1 aliphatic rings. The van der Waals surface area contributed by atoms with E-state index in [1.165, 1.54) is 0 Å². The Balaban J connectivity index is 2.28. The SMILES string of the molecule is CN1CCN(c2cccc(N)c2)C1=S. The summed E-state index contributed by atoms with van der Waals surface area (Å²) in [6.45, 7) is 1.92. The van der Waals surface area contributed by atoms with Crippen LogP contribution in [-0.4, -0.2) is 30.1 Å². The Bertz CT molecular complexity index is 364. The molecule has 0 atom stereocenters. The molecule has 0 radical (unpaired) electrons. The van der Waals surface area contributed by atoms with Gasteiger partial charge in [-0.05, 0) is 30.4 Å². The second-order valence-corrected chi connectivity index (χ2v) is 3.82. The first-order valence-corrected chi connectivity index (χ1v) is 4.97. The third-order valence-electron chi connectivity index (χ3n) is 2.40. The first-order valence-electron chi connectivity index (χ1n) is 4.56. The Kier molecular flexibility index (Phi) is 2.29. The largest absolute Gasteiger partial charge is 0.399 e. The lowest BCUT2D eigenvalue weighted by molar-refractivity contribution is 0.571. The summed E-state index contributed by atoms with van der Waals surface area (Å²) in [5.74, 6) is 0. The van der Waals surface area contributed by atoms with E-state index in [9.17, 15) is 0 Å². The van der Waals surface area contributed by atoms with Crippen molar-refractivity contribution < 1.29 is 0 Å². The standard InChI is InChI=1S/C10H13N3S/c1-12-5-6-13(10(12)14)9-4-2-3-8(11)7-9/h2-4,7H,5-6,11H2,1H3. The van der Waals surface area contributed by atoms with Crippen LogP contribution in [0.25, 0.3) is 0 Å². The number of nitrogen functional groups attached to an aromatic ring is 1. The van der Waals surface area contributed by atoms with Gasteiger partial charge in [-0.3, -0.25) is 0 Å². The third-order valence-corrected chi connectivity index (χ3v) is 2.93. The number of anilines is 2. The molecule has 0 aromatic heterocycles. The van der Waals surface area contributed by atoms with Gasteiger partial charge in [0.05, 0.1) is 0 Å². The monoisotopic (exact) mass is 207 g/mol. The lowest BCUT2D eigenvalue weighted by atomic mass is 10.2. The zero-order valence-corrected chi connectivity index (χ0v) is 8.92. The summed E-state index contributed by atoms with van der Waals surface area (Å²) in [5.41, 5.74) is 7.58. The van der Waals surface area contributed by atoms with Crippen molar-refractivity contribution in [2.24, 2.45) is 0 Å². The number of hydrogen-bond acceptors (Lipinski definition) is 2. The maximum absolute atomic E-state index is 5.72. The molecule has 2 N–H and O–H groups in total. The van der Waals surface area contributed by atoms with Crippen LogP contribution in [0.5, 0.6) is 0 Å². The molecule has 14 heavy (non-hydrogen) atoms. The van der Waals surface area contributed by atoms with Crippen molar-refractivity contribution in [2.75, 3.05) is 30.8 Å². The summed E-state index contributed by atoms with van der Waals surface area (Å²) in [4.78, 5) is 4.17. The summed E-state index contributed by atoms with van der Waals surface area (Å²) >= 11 is 5.30. The highest BCUT2D eigenvalue weighted by atomic mass is 32.1. The van der Waals surface area contributed by atoms with E-state index in [1.54, 1.807) is 0 Å². The van der Waals surface area contributed by atoms with Crippen LogP contribution in [0, 0.1) is 0 Å². The fraction of sp³-hybridized carbons (Fsp3) is 0.300. The maximum atomic E-state index is 5.72. The predicted octanol–water partition coefficient (Wildman–Crippen LogP) is 1.31. The minimum atomic E-state index is 0.778. The van der Waals surface area contributed by atoms with Gasteiger partial charge in [-0.1, -0.05) is 6.07 Å². The lowest BCUT2D eigenvalue weighted by Gasteiger charge is -2.19. The van der Waals surface area contributed by atoms with Crippen LogP contribution in [0.2, 0.25) is 0 Å². The molecule has 74 valence electrons. The van der Waals surface area contributed by atoms with Crippen molar-refractivity contribution in [3.05, 3.63) is 24.3 Å². The van der Waals surface area contributed by atoms with Crippen molar-refractivity contribution >= 4 is 28.7 Å². The molecule has 4 heteroatoms. The Morgan fingerprint density at radius 1 is 1.36 bits per heavy atom. The average molecular weight is 207 g/mol. The van der Waals surface area contributed by atoms with E-state index in [1.807, 2.05) is 31.3 Å². The molecule has 1 fully saturated rings. The van der Waals surface area contributed by atoms with Crippen molar-refractivity contribution in [1.29, 1.82) is 0 Å². The van der Waals surface area contributed by atoms with E-state index in [4.69, 9.17) is 18.0 Å². The van der Waals surface area contributed by atoms with Gasteiger partial charge in [0.25, 0.3) is 0 Å². The quantitative estimate of drug-likeness (QED) is 0.556. The fourth-order valence-electron chi connectivity index (χ4n) is 1.58. The van der Waals surface area contributed by atoms with Crippen LogP contribution in [0.4, 0.5) is 11.4 Å². The third kappa shape index (κ3) is 1.53. The number of nitrogens with zero attached hydrogens (tertiary/aromatic N) is 2. The molecule has 0 unspecified atom stereocenters. The number of thiocarbonyl (C=S) groups is 1. The van der Waals surface area contributed by atoms with Gasteiger partial charge in [-0.15, -0.1) is 0 Å². The molecule has 0 bridgehead atoms. The Labute approximate surface area is 89.1 Å². The smallest absolute Gasteiger partial charge is 0.175 e. The van der Waals surface area contributed by atoms with Gasteiger partial charge in [0, 0.05) is 31.5 Å². The molecule has 0 saturated carbocycles. The molecular weight excluding hydrogens is 194 g/mol. The number of benzene rings is 1. The molecule has 3 nitrogen and oxygen atoms in total. The van der Waals surface area contributed by atoms with Crippen LogP contribution in [0.3, 0.4) is 0 Å². The number of likely N-dealkylation sites (N-methyl/N-ethyl adjacent to an activating group) is 1. The summed E-state index contributed by atoms with van der Waals surface area (Å²) in [6.07, 6.45) is 0. The van der Waals surface area contributed by atoms with Gasteiger partial charge in [0.1, 0.15) is 0 Å². The van der Waals surface area contributed by atoms with E-state index in [-0.39, 0.29) is 0 Å². The second-order valence-electron chi connectivity index (χ2n) is 3.45. The molecule has 1 aromatic carbocycles. The first kappa shape index (κ1) is 9.27. The van der Waals surface area contributed by atoms with Crippen molar-refractivity contribution in [3.63, 3.8) is 0 Å². The highest BCUT2D eigenvalue weighted by Gasteiger charge is 2.22. The Morgan fingerprint density at radius 2 is 2.14 bits per heavy atom. The van der Waals surface area contributed by atoms with Crippen LogP contribution < -0.4 is 10.6 Å².